The first kappa shape index (κ1) is 29.5. The minimum absolute atomic E-state index is 0.00244. The number of halogens is 3. The molecule has 3 N–H and O–H groups in total. The summed E-state index contributed by atoms with van der Waals surface area (Å²) in [4.78, 5) is 47.5. The Morgan fingerprint density at radius 1 is 1.32 bits per heavy atom. The summed E-state index contributed by atoms with van der Waals surface area (Å²) in [6, 6.07) is 3.75. The van der Waals surface area contributed by atoms with E-state index in [4.69, 9.17) is 0 Å². The molecule has 1 saturated heterocycles. The van der Waals surface area contributed by atoms with Crippen LogP contribution in [0.5, 0.6) is 0 Å². The SMILES string of the molecule is CSCC[C@H](NC(=O)CN(Cc1ccccc1C(F)(F)F)C[C@@H]1CCCN1C(=O)Cc1c[nH]cn1)C(=O)O. The highest BCUT2D eigenvalue weighted by atomic mass is 32.2. The zero-order valence-corrected chi connectivity index (χ0v) is 21.9. The number of imidazole rings is 1. The molecule has 0 bridgehead atoms. The molecule has 0 spiro atoms. The molecule has 3 rings (SSSR count). The van der Waals surface area contributed by atoms with Gasteiger partial charge >= 0.3 is 12.1 Å². The summed E-state index contributed by atoms with van der Waals surface area (Å²) >= 11 is 1.44. The number of likely N-dealkylation sites (tertiary alicyclic amines) is 1. The first-order valence-electron chi connectivity index (χ1n) is 12.2. The maximum Gasteiger partial charge on any atom is 0.416 e. The van der Waals surface area contributed by atoms with Crippen LogP contribution >= 0.6 is 11.8 Å². The number of aromatic amines is 1. The lowest BCUT2D eigenvalue weighted by molar-refractivity contribution is -0.142. The zero-order valence-electron chi connectivity index (χ0n) is 21.0. The minimum atomic E-state index is -4.57. The van der Waals surface area contributed by atoms with Gasteiger partial charge in [-0.15, -0.1) is 0 Å². The fourth-order valence-electron chi connectivity index (χ4n) is 4.59. The monoisotopic (exact) mass is 555 g/mol. The second kappa shape index (κ2) is 13.7. The van der Waals surface area contributed by atoms with E-state index in [1.165, 1.54) is 36.3 Å². The van der Waals surface area contributed by atoms with Gasteiger partial charge in [-0.25, -0.2) is 9.78 Å². The van der Waals surface area contributed by atoms with Gasteiger partial charge in [0.2, 0.25) is 11.8 Å². The Morgan fingerprint density at radius 2 is 2.08 bits per heavy atom. The Hall–Kier alpha value is -3.06. The smallest absolute Gasteiger partial charge is 0.416 e. The van der Waals surface area contributed by atoms with E-state index in [-0.39, 0.29) is 50.0 Å². The number of benzene rings is 1. The van der Waals surface area contributed by atoms with E-state index >= 15 is 0 Å². The van der Waals surface area contributed by atoms with Crippen molar-refractivity contribution in [2.24, 2.45) is 0 Å². The standard InChI is InChI=1S/C25H32F3N5O4S/c1-38-10-8-21(24(36)37)31-22(34)15-32(13-17-5-2-3-7-20(17)25(26,27)28)14-19-6-4-9-33(19)23(35)11-18-12-29-16-30-18/h2-3,5,7,12,16,19,21H,4,6,8-11,13-15H2,1H3,(H,29,30)(H,31,34)(H,36,37)/t19-,21-/m0/s1. The number of H-pyrrole nitrogens is 1. The summed E-state index contributed by atoms with van der Waals surface area (Å²) in [5, 5.41) is 12.0. The Balaban J connectivity index is 1.78. The molecule has 1 aliphatic rings. The van der Waals surface area contributed by atoms with Crippen LogP contribution < -0.4 is 5.32 Å². The van der Waals surface area contributed by atoms with Gasteiger partial charge in [-0.05, 0) is 42.9 Å². The van der Waals surface area contributed by atoms with Crippen LogP contribution in [0.3, 0.4) is 0 Å². The first-order chi connectivity index (χ1) is 18.1. The lowest BCUT2D eigenvalue weighted by Crippen LogP contribution is -2.49. The van der Waals surface area contributed by atoms with Crippen molar-refractivity contribution in [3.63, 3.8) is 0 Å². The highest BCUT2D eigenvalue weighted by Gasteiger charge is 2.35. The predicted molar refractivity (Wildman–Crippen MR) is 136 cm³/mol. The average Bonchev–Trinajstić information content (AvgIpc) is 3.53. The molecular formula is C25H32F3N5O4S. The van der Waals surface area contributed by atoms with Gasteiger partial charge in [0.25, 0.3) is 0 Å². The number of thioether (sulfide) groups is 1. The quantitative estimate of drug-likeness (QED) is 0.348. The number of carboxylic acids is 1. The number of nitrogens with one attached hydrogen (secondary N) is 2. The van der Waals surface area contributed by atoms with Gasteiger partial charge in [0, 0.05) is 31.9 Å². The van der Waals surface area contributed by atoms with Crippen LogP contribution in [0.1, 0.15) is 36.1 Å². The zero-order chi connectivity index (χ0) is 27.7. The van der Waals surface area contributed by atoms with Crippen molar-refractivity contribution in [3.8, 4) is 0 Å². The number of alkyl halides is 3. The molecule has 13 heteroatoms. The Labute approximate surface area is 223 Å². The van der Waals surface area contributed by atoms with Crippen LogP contribution in [0.25, 0.3) is 0 Å². The van der Waals surface area contributed by atoms with Gasteiger partial charge in [-0.1, -0.05) is 18.2 Å². The highest BCUT2D eigenvalue weighted by molar-refractivity contribution is 7.98. The molecule has 0 unspecified atom stereocenters. The summed E-state index contributed by atoms with van der Waals surface area (Å²) in [7, 11) is 0. The summed E-state index contributed by atoms with van der Waals surface area (Å²) < 4.78 is 41.0. The van der Waals surface area contributed by atoms with Gasteiger partial charge < -0.3 is 20.3 Å². The molecule has 38 heavy (non-hydrogen) atoms. The molecule has 0 radical (unpaired) electrons. The number of nitrogens with zero attached hydrogens (tertiary/aromatic N) is 3. The fourth-order valence-corrected chi connectivity index (χ4v) is 5.06. The summed E-state index contributed by atoms with van der Waals surface area (Å²) in [6.45, 7) is 0.161. The lowest BCUT2D eigenvalue weighted by Gasteiger charge is -2.31. The van der Waals surface area contributed by atoms with E-state index in [0.717, 1.165) is 12.5 Å². The van der Waals surface area contributed by atoms with Gasteiger partial charge in [0.05, 0.1) is 30.6 Å². The average molecular weight is 556 g/mol. The molecule has 1 aromatic carbocycles. The minimum Gasteiger partial charge on any atom is -0.480 e. The molecule has 208 valence electrons. The van der Waals surface area contributed by atoms with Crippen LogP contribution in [0, 0.1) is 0 Å². The summed E-state index contributed by atoms with van der Waals surface area (Å²) in [6.07, 6.45) is 2.03. The molecule has 2 aromatic rings. The Morgan fingerprint density at radius 3 is 2.74 bits per heavy atom. The molecule has 2 heterocycles. The van der Waals surface area contributed by atoms with Crippen molar-refractivity contribution >= 4 is 29.5 Å². The number of aliphatic carboxylic acids is 1. The van der Waals surface area contributed by atoms with Gasteiger partial charge in [-0.2, -0.15) is 24.9 Å². The number of aromatic nitrogens is 2. The lowest BCUT2D eigenvalue weighted by atomic mass is 10.1. The second-order valence-electron chi connectivity index (χ2n) is 9.18. The molecule has 2 atom stereocenters. The topological polar surface area (TPSA) is 119 Å². The molecule has 1 aromatic heterocycles. The van der Waals surface area contributed by atoms with Crippen molar-refractivity contribution in [2.45, 2.75) is 50.5 Å². The molecule has 0 saturated carbocycles. The van der Waals surface area contributed by atoms with Crippen molar-refractivity contribution in [1.82, 2.24) is 25.1 Å². The van der Waals surface area contributed by atoms with Crippen molar-refractivity contribution < 1.29 is 32.7 Å². The number of hydrogen-bond donors (Lipinski definition) is 3. The molecule has 0 aliphatic carbocycles. The largest absolute Gasteiger partial charge is 0.480 e. The summed E-state index contributed by atoms with van der Waals surface area (Å²) in [5.74, 6) is -1.40. The fraction of sp³-hybridized carbons (Fsp3) is 0.520. The number of carbonyl (C=O) groups is 3. The van der Waals surface area contributed by atoms with Crippen LogP contribution in [-0.2, 0) is 33.5 Å². The van der Waals surface area contributed by atoms with E-state index < -0.39 is 29.7 Å². The predicted octanol–water partition coefficient (Wildman–Crippen LogP) is 2.79. The highest BCUT2D eigenvalue weighted by Crippen LogP contribution is 2.32. The third-order valence-electron chi connectivity index (χ3n) is 6.38. The van der Waals surface area contributed by atoms with Gasteiger partial charge in [0.1, 0.15) is 6.04 Å². The van der Waals surface area contributed by atoms with E-state index in [2.05, 4.69) is 15.3 Å². The first-order valence-corrected chi connectivity index (χ1v) is 13.6. The number of carbonyl (C=O) groups excluding carboxylic acids is 2. The van der Waals surface area contributed by atoms with E-state index in [0.29, 0.717) is 24.4 Å². The van der Waals surface area contributed by atoms with Crippen molar-refractivity contribution in [3.05, 3.63) is 53.6 Å². The maximum atomic E-state index is 13.7. The molecule has 1 fully saturated rings. The Kier molecular flexibility index (Phi) is 10.6. The number of hydrogen-bond acceptors (Lipinski definition) is 6. The van der Waals surface area contributed by atoms with E-state index in [1.807, 2.05) is 6.26 Å². The maximum absolute atomic E-state index is 13.7. The normalized spacial score (nSPS) is 16.6. The van der Waals surface area contributed by atoms with Crippen LogP contribution in [0.4, 0.5) is 13.2 Å². The van der Waals surface area contributed by atoms with Gasteiger partial charge in [0.15, 0.2) is 0 Å². The van der Waals surface area contributed by atoms with Crippen LogP contribution in [0.2, 0.25) is 0 Å². The third-order valence-corrected chi connectivity index (χ3v) is 7.03. The number of rotatable bonds is 13. The Bertz CT molecular complexity index is 1080. The van der Waals surface area contributed by atoms with Crippen molar-refractivity contribution in [1.29, 1.82) is 0 Å². The number of amides is 2. The van der Waals surface area contributed by atoms with E-state index in [1.54, 1.807) is 16.0 Å². The third kappa shape index (κ3) is 8.48. The molecule has 1 aliphatic heterocycles. The molecular weight excluding hydrogens is 523 g/mol. The molecule has 9 nitrogen and oxygen atoms in total. The second-order valence-corrected chi connectivity index (χ2v) is 10.2. The van der Waals surface area contributed by atoms with Crippen LogP contribution in [0.15, 0.2) is 36.8 Å². The summed E-state index contributed by atoms with van der Waals surface area (Å²) in [5.41, 5.74) is -0.218. The number of carboxylic acid groups (broad SMARTS) is 1. The van der Waals surface area contributed by atoms with Crippen molar-refractivity contribution in [2.75, 3.05) is 31.6 Å². The van der Waals surface area contributed by atoms with Gasteiger partial charge in [-0.3, -0.25) is 14.5 Å². The van der Waals surface area contributed by atoms with E-state index in [9.17, 15) is 32.7 Å². The molecule has 2 amide bonds. The van der Waals surface area contributed by atoms with Crippen LogP contribution in [-0.4, -0.2) is 86.4 Å².